The molecule has 2 aromatic rings. The molecule has 146 valence electrons. The second-order valence-corrected chi connectivity index (χ2v) is 10.6. The summed E-state index contributed by atoms with van der Waals surface area (Å²) in [5, 5.41) is 1.74. The van der Waals surface area contributed by atoms with Crippen molar-refractivity contribution in [3.05, 3.63) is 51.6 Å². The van der Waals surface area contributed by atoms with Gasteiger partial charge in [0.15, 0.2) is 0 Å². The number of nitrogens with zero attached hydrogens (tertiary/aromatic N) is 2. The van der Waals surface area contributed by atoms with Crippen LogP contribution in [0.5, 0.6) is 0 Å². The molecule has 1 aliphatic rings. The molecule has 27 heavy (non-hydrogen) atoms. The molecule has 1 aliphatic heterocycles. The largest absolute Gasteiger partial charge is 0.341 e. The predicted octanol–water partition coefficient (Wildman–Crippen LogP) is 3.71. The monoisotopic (exact) mass is 474 g/mol. The van der Waals surface area contributed by atoms with Gasteiger partial charge < -0.3 is 4.90 Å². The Hall–Kier alpha value is -1.29. The number of hydrogen-bond donors (Lipinski definition) is 0. The SMILES string of the molecule is CN(Cc1cc(Br)ccc1F)C(=O)C1CCN(S(=O)(=O)c2cccs2)CC1. The zero-order valence-electron chi connectivity index (χ0n) is 14.8. The zero-order chi connectivity index (χ0) is 19.6. The van der Waals surface area contributed by atoms with Crippen LogP contribution in [0.25, 0.3) is 0 Å². The van der Waals surface area contributed by atoms with E-state index in [1.54, 1.807) is 36.7 Å². The van der Waals surface area contributed by atoms with Crippen LogP contribution in [0.3, 0.4) is 0 Å². The number of rotatable bonds is 5. The van der Waals surface area contributed by atoms with Gasteiger partial charge in [0.2, 0.25) is 5.91 Å². The van der Waals surface area contributed by atoms with Gasteiger partial charge in [-0.1, -0.05) is 22.0 Å². The van der Waals surface area contributed by atoms with Crippen LogP contribution in [0, 0.1) is 11.7 Å². The van der Waals surface area contributed by atoms with Gasteiger partial charge in [0.05, 0.1) is 0 Å². The third kappa shape index (κ3) is 4.59. The van der Waals surface area contributed by atoms with Crippen LogP contribution >= 0.6 is 27.3 Å². The number of hydrogen-bond acceptors (Lipinski definition) is 4. The summed E-state index contributed by atoms with van der Waals surface area (Å²) in [6.45, 7) is 0.809. The minimum absolute atomic E-state index is 0.0810. The maximum absolute atomic E-state index is 13.9. The first-order chi connectivity index (χ1) is 12.8. The molecule has 1 amide bonds. The Balaban J connectivity index is 1.60. The molecule has 0 unspecified atom stereocenters. The predicted molar refractivity (Wildman–Crippen MR) is 106 cm³/mol. The van der Waals surface area contributed by atoms with Crippen molar-refractivity contribution in [3.63, 3.8) is 0 Å². The Labute approximate surface area is 171 Å². The lowest BCUT2D eigenvalue weighted by molar-refractivity contribution is -0.136. The molecule has 0 bridgehead atoms. The Kier molecular flexibility index (Phi) is 6.35. The normalized spacial score (nSPS) is 16.4. The van der Waals surface area contributed by atoms with Gasteiger partial charge in [-0.15, -0.1) is 11.3 Å². The third-order valence-electron chi connectivity index (χ3n) is 4.68. The van der Waals surface area contributed by atoms with E-state index < -0.39 is 10.0 Å². The zero-order valence-corrected chi connectivity index (χ0v) is 18.0. The summed E-state index contributed by atoms with van der Waals surface area (Å²) in [5.74, 6) is -0.683. The van der Waals surface area contributed by atoms with Gasteiger partial charge in [-0.3, -0.25) is 4.79 Å². The summed E-state index contributed by atoms with van der Waals surface area (Å²) < 4.78 is 41.6. The molecule has 2 heterocycles. The second kappa shape index (κ2) is 8.38. The standard InChI is InChI=1S/C18H20BrFN2O3S2/c1-21(12-14-11-15(19)4-5-16(14)20)18(23)13-6-8-22(9-7-13)27(24,25)17-3-2-10-26-17/h2-5,10-11,13H,6-9,12H2,1H3. The number of halogens is 2. The van der Waals surface area contributed by atoms with E-state index in [2.05, 4.69) is 15.9 Å². The number of carbonyl (C=O) groups is 1. The fourth-order valence-corrected chi connectivity index (χ4v) is 6.21. The van der Waals surface area contributed by atoms with Gasteiger partial charge >= 0.3 is 0 Å². The van der Waals surface area contributed by atoms with Gasteiger partial charge in [-0.25, -0.2) is 12.8 Å². The van der Waals surface area contributed by atoms with Crippen LogP contribution in [-0.2, 0) is 21.4 Å². The Morgan fingerprint density at radius 2 is 2.04 bits per heavy atom. The summed E-state index contributed by atoms with van der Waals surface area (Å²) >= 11 is 4.50. The lowest BCUT2D eigenvalue weighted by atomic mass is 9.96. The van der Waals surface area contributed by atoms with Crippen molar-refractivity contribution in [2.24, 2.45) is 5.92 Å². The van der Waals surface area contributed by atoms with Crippen molar-refractivity contribution < 1.29 is 17.6 Å². The van der Waals surface area contributed by atoms with E-state index >= 15 is 0 Å². The molecule has 1 aromatic heterocycles. The number of thiophene rings is 1. The summed E-state index contributed by atoms with van der Waals surface area (Å²) in [6, 6.07) is 7.95. The molecule has 0 saturated carbocycles. The lowest BCUT2D eigenvalue weighted by Gasteiger charge is -2.32. The quantitative estimate of drug-likeness (QED) is 0.663. The highest BCUT2D eigenvalue weighted by Crippen LogP contribution is 2.27. The number of amides is 1. The van der Waals surface area contributed by atoms with E-state index in [9.17, 15) is 17.6 Å². The highest BCUT2D eigenvalue weighted by molar-refractivity contribution is 9.10. The van der Waals surface area contributed by atoms with Gasteiger partial charge in [-0.05, 0) is 42.5 Å². The van der Waals surface area contributed by atoms with Gasteiger partial charge in [0.1, 0.15) is 10.0 Å². The Morgan fingerprint density at radius 1 is 1.33 bits per heavy atom. The van der Waals surface area contributed by atoms with Crippen molar-refractivity contribution >= 4 is 43.2 Å². The first kappa shape index (κ1) is 20.4. The maximum atomic E-state index is 13.9. The first-order valence-electron chi connectivity index (χ1n) is 8.51. The van der Waals surface area contributed by atoms with E-state index in [1.165, 1.54) is 26.6 Å². The molecule has 0 aliphatic carbocycles. The third-order valence-corrected chi connectivity index (χ3v) is 8.45. The van der Waals surface area contributed by atoms with Crippen molar-refractivity contribution in [2.75, 3.05) is 20.1 Å². The van der Waals surface area contributed by atoms with Crippen LogP contribution in [-0.4, -0.2) is 43.7 Å². The number of piperidine rings is 1. The smallest absolute Gasteiger partial charge is 0.252 e. The Bertz CT molecular complexity index is 911. The van der Waals surface area contributed by atoms with Crippen LogP contribution in [0.1, 0.15) is 18.4 Å². The second-order valence-electron chi connectivity index (χ2n) is 6.54. The summed E-state index contributed by atoms with van der Waals surface area (Å²) in [7, 11) is -1.82. The van der Waals surface area contributed by atoms with Gasteiger partial charge in [-0.2, -0.15) is 4.31 Å². The van der Waals surface area contributed by atoms with E-state index in [4.69, 9.17) is 0 Å². The van der Waals surface area contributed by atoms with E-state index in [0.717, 1.165) is 4.47 Å². The molecular weight excluding hydrogens is 455 g/mol. The van der Waals surface area contributed by atoms with Crippen LogP contribution in [0.15, 0.2) is 44.4 Å². The topological polar surface area (TPSA) is 57.7 Å². The molecule has 1 fully saturated rings. The van der Waals surface area contributed by atoms with Crippen molar-refractivity contribution in [3.8, 4) is 0 Å². The molecule has 0 N–H and O–H groups in total. The summed E-state index contributed by atoms with van der Waals surface area (Å²) in [6.07, 6.45) is 0.934. The molecule has 1 aromatic carbocycles. The van der Waals surface area contributed by atoms with Crippen molar-refractivity contribution in [2.45, 2.75) is 23.6 Å². The fourth-order valence-electron chi connectivity index (χ4n) is 3.19. The summed E-state index contributed by atoms with van der Waals surface area (Å²) in [5.41, 5.74) is 0.443. The van der Waals surface area contributed by atoms with Gasteiger partial charge in [0.25, 0.3) is 10.0 Å². The van der Waals surface area contributed by atoms with E-state index in [1.807, 2.05) is 0 Å². The molecule has 0 atom stereocenters. The molecular formula is C18H20BrFN2O3S2. The highest BCUT2D eigenvalue weighted by atomic mass is 79.9. The van der Waals surface area contributed by atoms with Crippen LogP contribution < -0.4 is 0 Å². The van der Waals surface area contributed by atoms with Crippen molar-refractivity contribution in [1.29, 1.82) is 0 Å². The number of benzene rings is 1. The highest BCUT2D eigenvalue weighted by Gasteiger charge is 2.33. The minimum atomic E-state index is -3.47. The molecule has 5 nitrogen and oxygen atoms in total. The number of sulfonamides is 1. The maximum Gasteiger partial charge on any atom is 0.252 e. The minimum Gasteiger partial charge on any atom is -0.341 e. The summed E-state index contributed by atoms with van der Waals surface area (Å²) in [4.78, 5) is 14.2. The average Bonchev–Trinajstić information content (AvgIpc) is 3.20. The van der Waals surface area contributed by atoms with Crippen molar-refractivity contribution in [1.82, 2.24) is 9.21 Å². The lowest BCUT2D eigenvalue weighted by Crippen LogP contribution is -2.43. The molecule has 0 spiro atoms. The van der Waals surface area contributed by atoms with E-state index in [-0.39, 0.29) is 24.2 Å². The molecule has 1 saturated heterocycles. The molecule has 0 radical (unpaired) electrons. The Morgan fingerprint density at radius 3 is 2.67 bits per heavy atom. The van der Waals surface area contributed by atoms with Crippen LogP contribution in [0.4, 0.5) is 4.39 Å². The van der Waals surface area contributed by atoms with E-state index in [0.29, 0.717) is 35.7 Å². The number of carbonyl (C=O) groups excluding carboxylic acids is 1. The average molecular weight is 475 g/mol. The molecule has 3 rings (SSSR count). The van der Waals surface area contributed by atoms with Gasteiger partial charge in [0, 0.05) is 42.6 Å². The van der Waals surface area contributed by atoms with Crippen LogP contribution in [0.2, 0.25) is 0 Å². The first-order valence-corrected chi connectivity index (χ1v) is 11.6. The fraction of sp³-hybridized carbons (Fsp3) is 0.389. The molecule has 9 heteroatoms.